The van der Waals surface area contributed by atoms with E-state index in [2.05, 4.69) is 22.2 Å². The number of amides is 1. The molecule has 0 unspecified atom stereocenters. The Morgan fingerprint density at radius 2 is 1.86 bits per heavy atom. The number of benzene rings is 1. The van der Waals surface area contributed by atoms with E-state index in [1.807, 2.05) is 0 Å². The normalized spacial score (nSPS) is 19.7. The highest BCUT2D eigenvalue weighted by Gasteiger charge is 2.53. The Balaban J connectivity index is 1.37. The second kappa shape index (κ2) is 9.24. The van der Waals surface area contributed by atoms with Gasteiger partial charge in [-0.3, -0.25) is 14.2 Å². The summed E-state index contributed by atoms with van der Waals surface area (Å²) in [6.45, 7) is 2.50. The van der Waals surface area contributed by atoms with Gasteiger partial charge in [0.2, 0.25) is 0 Å². The average molecular weight is 505 g/mol. The van der Waals surface area contributed by atoms with Crippen LogP contribution in [0.3, 0.4) is 0 Å². The van der Waals surface area contributed by atoms with Crippen LogP contribution < -0.4 is 10.9 Å². The minimum Gasteiger partial charge on any atom is -0.506 e. The summed E-state index contributed by atoms with van der Waals surface area (Å²) in [6, 6.07) is 7.79. The van der Waals surface area contributed by atoms with Crippen LogP contribution in [-0.4, -0.2) is 51.6 Å². The number of carbonyl (C=O) groups excluding carboxylic acids is 1. The quantitative estimate of drug-likeness (QED) is 0.522. The van der Waals surface area contributed by atoms with Crippen molar-refractivity contribution in [1.82, 2.24) is 19.8 Å². The zero-order valence-corrected chi connectivity index (χ0v) is 21.2. The Kier molecular flexibility index (Phi) is 6.02. The maximum atomic E-state index is 13.6. The summed E-state index contributed by atoms with van der Waals surface area (Å²) in [7, 11) is 2.12. The van der Waals surface area contributed by atoms with E-state index >= 15 is 0 Å². The predicted molar refractivity (Wildman–Crippen MR) is 140 cm³/mol. The molecule has 3 fully saturated rings. The topological polar surface area (TPSA) is 87.5 Å². The number of aryl methyl sites for hydroxylation is 1. The number of halogens is 1. The van der Waals surface area contributed by atoms with E-state index in [1.54, 1.807) is 29.0 Å². The van der Waals surface area contributed by atoms with E-state index < -0.39 is 11.5 Å². The van der Waals surface area contributed by atoms with Crippen LogP contribution in [0.15, 0.2) is 41.3 Å². The molecule has 2 N–H and O–H groups in total. The molecule has 6 rings (SSSR count). The number of likely N-dealkylation sites (tertiary alicyclic amines) is 1. The van der Waals surface area contributed by atoms with Crippen molar-refractivity contribution < 1.29 is 14.3 Å². The van der Waals surface area contributed by atoms with Crippen molar-refractivity contribution in [2.75, 3.05) is 20.1 Å². The number of hydrogen-bond donors (Lipinski definition) is 2. The lowest BCUT2D eigenvalue weighted by atomic mass is 9.77. The second-order valence-electron chi connectivity index (χ2n) is 11.4. The summed E-state index contributed by atoms with van der Waals surface area (Å²) in [5.41, 5.74) is 1.45. The van der Waals surface area contributed by atoms with Gasteiger partial charge in [-0.1, -0.05) is 12.1 Å². The van der Waals surface area contributed by atoms with Crippen LogP contribution >= 0.6 is 0 Å². The molecule has 0 atom stereocenters. The first kappa shape index (κ1) is 24.1. The molecule has 1 aromatic carbocycles. The van der Waals surface area contributed by atoms with Crippen molar-refractivity contribution in [3.05, 3.63) is 58.3 Å². The lowest BCUT2D eigenvalue weighted by molar-refractivity contribution is 0.0873. The molecule has 1 amide bonds. The van der Waals surface area contributed by atoms with Crippen molar-refractivity contribution in [3.8, 4) is 16.9 Å². The van der Waals surface area contributed by atoms with Crippen LogP contribution in [0.2, 0.25) is 0 Å². The Morgan fingerprint density at radius 3 is 2.54 bits per heavy atom. The molecule has 0 radical (unpaired) electrons. The molecule has 2 aliphatic carbocycles. The lowest BCUT2D eigenvalue weighted by Gasteiger charge is -2.36. The van der Waals surface area contributed by atoms with Gasteiger partial charge in [-0.2, -0.15) is 0 Å². The van der Waals surface area contributed by atoms with E-state index in [1.165, 1.54) is 25.0 Å². The Labute approximate surface area is 215 Å². The molecule has 2 aromatic heterocycles. The van der Waals surface area contributed by atoms with Crippen LogP contribution in [-0.2, 0) is 6.54 Å². The molecule has 37 heavy (non-hydrogen) atoms. The first-order valence-electron chi connectivity index (χ1n) is 13.3. The fourth-order valence-corrected chi connectivity index (χ4v) is 6.12. The molecule has 3 heterocycles. The highest BCUT2D eigenvalue weighted by Crippen LogP contribution is 2.60. The average Bonchev–Trinajstić information content (AvgIpc) is 3.66. The van der Waals surface area contributed by atoms with E-state index in [0.29, 0.717) is 34.5 Å². The largest absolute Gasteiger partial charge is 0.506 e. The van der Waals surface area contributed by atoms with Crippen molar-refractivity contribution in [2.24, 2.45) is 11.3 Å². The highest BCUT2D eigenvalue weighted by atomic mass is 19.1. The van der Waals surface area contributed by atoms with Crippen LogP contribution in [0.25, 0.3) is 22.2 Å². The summed E-state index contributed by atoms with van der Waals surface area (Å²) >= 11 is 0. The number of carbonyl (C=O) groups is 1. The Hall–Kier alpha value is -3.26. The number of fused-ring (bicyclic) bond motifs is 1. The molecule has 1 aliphatic heterocycles. The first-order chi connectivity index (χ1) is 17.8. The molecule has 2 saturated carbocycles. The zero-order valence-electron chi connectivity index (χ0n) is 21.2. The molecule has 1 saturated heterocycles. The van der Waals surface area contributed by atoms with Gasteiger partial charge in [0.05, 0.1) is 5.39 Å². The molecule has 194 valence electrons. The van der Waals surface area contributed by atoms with Crippen molar-refractivity contribution in [2.45, 2.75) is 57.5 Å². The van der Waals surface area contributed by atoms with E-state index in [9.17, 15) is 19.1 Å². The third kappa shape index (κ3) is 4.63. The van der Waals surface area contributed by atoms with Crippen molar-refractivity contribution >= 4 is 16.9 Å². The van der Waals surface area contributed by atoms with Crippen LogP contribution in [0, 0.1) is 17.2 Å². The number of nitrogens with one attached hydrogen (secondary N) is 1. The molecular formula is C29H33FN4O3. The van der Waals surface area contributed by atoms with Gasteiger partial charge in [0.1, 0.15) is 22.8 Å². The third-order valence-electron chi connectivity index (χ3n) is 8.73. The van der Waals surface area contributed by atoms with Crippen LogP contribution in [0.5, 0.6) is 5.75 Å². The fourth-order valence-electron chi connectivity index (χ4n) is 6.12. The first-order valence-corrected chi connectivity index (χ1v) is 13.3. The molecule has 0 bridgehead atoms. The predicted octanol–water partition coefficient (Wildman–Crippen LogP) is 4.31. The SMILES string of the molecule is CN1CCC(CCn2c(=O)c(C(=O)NC3CC4(CC4)C3)c(O)c3cc(-c4ccc(F)cc4)cnc32)CC1. The number of hydrogen-bond acceptors (Lipinski definition) is 5. The zero-order chi connectivity index (χ0) is 25.7. The van der Waals surface area contributed by atoms with Crippen molar-refractivity contribution in [1.29, 1.82) is 0 Å². The van der Waals surface area contributed by atoms with Crippen molar-refractivity contribution in [3.63, 3.8) is 0 Å². The maximum absolute atomic E-state index is 13.6. The summed E-state index contributed by atoms with van der Waals surface area (Å²) < 4.78 is 15.0. The standard InChI is InChI=1S/C29H33FN4O3/c1-33-11-6-18(7-12-33)8-13-34-26-23(14-20(17-31-26)19-2-4-21(30)5-3-19)25(35)24(28(34)37)27(36)32-22-15-29(16-22)9-10-29/h2-5,14,17-18,22,35H,6-13,15-16H2,1H3,(H,32,36). The minimum atomic E-state index is -0.523. The molecular weight excluding hydrogens is 471 g/mol. The van der Waals surface area contributed by atoms with E-state index in [4.69, 9.17) is 0 Å². The summed E-state index contributed by atoms with van der Waals surface area (Å²) in [5.74, 6) is -0.714. The molecule has 8 heteroatoms. The van der Waals surface area contributed by atoms with Crippen LogP contribution in [0.1, 0.15) is 55.3 Å². The Bertz CT molecular complexity index is 1400. The van der Waals surface area contributed by atoms with Gasteiger partial charge in [-0.15, -0.1) is 0 Å². The second-order valence-corrected chi connectivity index (χ2v) is 11.4. The van der Waals surface area contributed by atoms with Gasteiger partial charge >= 0.3 is 0 Å². The number of aromatic hydroxyl groups is 1. The van der Waals surface area contributed by atoms with Gasteiger partial charge < -0.3 is 15.3 Å². The summed E-state index contributed by atoms with van der Waals surface area (Å²) in [6.07, 6.45) is 8.87. The number of aromatic nitrogens is 2. The molecule has 7 nitrogen and oxygen atoms in total. The van der Waals surface area contributed by atoms with Gasteiger partial charge in [0.15, 0.2) is 0 Å². The van der Waals surface area contributed by atoms with E-state index in [-0.39, 0.29) is 23.2 Å². The molecule has 3 aliphatic rings. The third-order valence-corrected chi connectivity index (χ3v) is 8.73. The number of pyridine rings is 2. The molecule has 1 spiro atoms. The van der Waals surface area contributed by atoms with E-state index in [0.717, 1.165) is 50.8 Å². The fraction of sp³-hybridized carbons (Fsp3) is 0.483. The number of rotatable bonds is 6. The van der Waals surface area contributed by atoms with Gasteiger partial charge in [0, 0.05) is 24.3 Å². The minimum absolute atomic E-state index is 0.0425. The number of nitrogens with zero attached hydrogens (tertiary/aromatic N) is 3. The number of piperidine rings is 1. The van der Waals surface area contributed by atoms with Gasteiger partial charge in [0.25, 0.3) is 11.5 Å². The summed E-state index contributed by atoms with van der Waals surface area (Å²) in [4.78, 5) is 33.8. The maximum Gasteiger partial charge on any atom is 0.268 e. The van der Waals surface area contributed by atoms with Gasteiger partial charge in [-0.25, -0.2) is 9.37 Å². The highest BCUT2D eigenvalue weighted by molar-refractivity contribution is 6.02. The Morgan fingerprint density at radius 1 is 1.16 bits per heavy atom. The van der Waals surface area contributed by atoms with Gasteiger partial charge in [-0.05, 0) is 100 Å². The smallest absolute Gasteiger partial charge is 0.268 e. The molecule has 3 aromatic rings. The van der Waals surface area contributed by atoms with Crippen LogP contribution in [0.4, 0.5) is 4.39 Å². The summed E-state index contributed by atoms with van der Waals surface area (Å²) in [5, 5.41) is 14.6. The monoisotopic (exact) mass is 504 g/mol. The lowest BCUT2D eigenvalue weighted by Crippen LogP contribution is -2.47.